The van der Waals surface area contributed by atoms with Crippen molar-refractivity contribution in [2.24, 2.45) is 0 Å². The van der Waals surface area contributed by atoms with Gasteiger partial charge in [0.15, 0.2) is 23.1 Å². The predicted molar refractivity (Wildman–Crippen MR) is 139 cm³/mol. The average Bonchev–Trinajstić information content (AvgIpc) is 2.84. The zero-order valence-corrected chi connectivity index (χ0v) is 20.2. The number of halogens is 1. The summed E-state index contributed by atoms with van der Waals surface area (Å²) < 4.78 is 30.5. The molecular weight excluding hydrogens is 447 g/mol. The van der Waals surface area contributed by atoms with Crippen molar-refractivity contribution < 1.29 is 18.6 Å². The first kappa shape index (κ1) is 26.0. The predicted octanol–water partition coefficient (Wildman–Crippen LogP) is 5.98. The van der Waals surface area contributed by atoms with E-state index in [2.05, 4.69) is 11.9 Å². The lowest BCUT2D eigenvalue weighted by Crippen LogP contribution is -2.17. The van der Waals surface area contributed by atoms with Gasteiger partial charge in [-0.3, -0.25) is 9.78 Å². The van der Waals surface area contributed by atoms with Crippen LogP contribution >= 0.6 is 0 Å². The Morgan fingerprint density at radius 2 is 1.57 bits per heavy atom. The van der Waals surface area contributed by atoms with Crippen LogP contribution in [0.4, 0.5) is 4.39 Å². The van der Waals surface area contributed by atoms with E-state index >= 15 is 0 Å². The van der Waals surface area contributed by atoms with E-state index in [0.717, 1.165) is 46.0 Å². The molecule has 6 nitrogen and oxygen atoms in total. The monoisotopic (exact) mass is 480 g/mol. The summed E-state index contributed by atoms with van der Waals surface area (Å²) in [5.41, 5.74) is 3.67. The van der Waals surface area contributed by atoms with Gasteiger partial charge in [-0.25, -0.2) is 4.39 Å². The van der Waals surface area contributed by atoms with Crippen LogP contribution < -0.4 is 19.8 Å². The number of hydrogen-bond donors (Lipinski definition) is 1. The number of nitrogens with one attached hydrogen (secondary N) is 1. The summed E-state index contributed by atoms with van der Waals surface area (Å²) in [5, 5.41) is 2.50. The molecule has 2 heterocycles. The zero-order chi connectivity index (χ0) is 24.4. The topological polar surface area (TPSA) is 73.4 Å². The van der Waals surface area contributed by atoms with Gasteiger partial charge in [0.25, 0.3) is 5.56 Å². The molecule has 186 valence electrons. The first-order valence-electron chi connectivity index (χ1n) is 11.4. The summed E-state index contributed by atoms with van der Waals surface area (Å²) >= 11 is 0. The number of fused-ring (bicyclic) bond motifs is 2. The van der Waals surface area contributed by atoms with Gasteiger partial charge in [0.1, 0.15) is 0 Å². The first-order valence-corrected chi connectivity index (χ1v) is 11.4. The Hall–Kier alpha value is -3.61. The Bertz CT molecular complexity index is 1430. The molecule has 0 saturated heterocycles. The standard InChI is InChI=1S/C27H29FN2O4.CH4/c1-6-8-22-15(9-16-11-24(32-3)20(28)14-23(16)29-22)10-19-17-12-25(33-4)26(34-5)13-18(17)21(7-2)30-27(19)31;/h9,11-14H,6-8,10H2,1-5H3,(H,30,31);1H4. The van der Waals surface area contributed by atoms with Gasteiger partial charge in [-0.1, -0.05) is 27.7 Å². The van der Waals surface area contributed by atoms with Gasteiger partial charge in [-0.15, -0.1) is 0 Å². The molecule has 0 amide bonds. The van der Waals surface area contributed by atoms with Crippen molar-refractivity contribution in [3.05, 3.63) is 69.0 Å². The molecule has 35 heavy (non-hydrogen) atoms. The number of hydrogen-bond acceptors (Lipinski definition) is 5. The van der Waals surface area contributed by atoms with Gasteiger partial charge in [-0.05, 0) is 48.1 Å². The van der Waals surface area contributed by atoms with Crippen LogP contribution in [0.15, 0.2) is 35.1 Å². The van der Waals surface area contributed by atoms with Crippen molar-refractivity contribution >= 4 is 21.7 Å². The van der Waals surface area contributed by atoms with Crippen molar-refractivity contribution in [1.29, 1.82) is 0 Å². The minimum Gasteiger partial charge on any atom is -0.494 e. The molecule has 0 unspecified atom stereocenters. The minimum absolute atomic E-state index is 0. The molecule has 0 aliphatic heterocycles. The highest BCUT2D eigenvalue weighted by molar-refractivity contribution is 5.91. The third-order valence-corrected chi connectivity index (χ3v) is 6.18. The Labute approximate surface area is 205 Å². The lowest BCUT2D eigenvalue weighted by atomic mass is 9.95. The zero-order valence-electron chi connectivity index (χ0n) is 20.2. The van der Waals surface area contributed by atoms with Crippen LogP contribution in [0.5, 0.6) is 17.2 Å². The molecule has 0 aliphatic rings. The second-order valence-corrected chi connectivity index (χ2v) is 8.22. The van der Waals surface area contributed by atoms with Crippen molar-refractivity contribution in [2.75, 3.05) is 21.3 Å². The van der Waals surface area contributed by atoms with E-state index in [0.29, 0.717) is 35.4 Å². The maximum atomic E-state index is 14.3. The van der Waals surface area contributed by atoms with E-state index in [4.69, 9.17) is 19.2 Å². The van der Waals surface area contributed by atoms with Crippen LogP contribution in [0.3, 0.4) is 0 Å². The van der Waals surface area contributed by atoms with Crippen molar-refractivity contribution in [2.45, 2.75) is 47.0 Å². The highest BCUT2D eigenvalue weighted by Gasteiger charge is 2.18. The fraction of sp³-hybridized carbons (Fsp3) is 0.357. The number of methoxy groups -OCH3 is 3. The Balaban J connectivity index is 0.00000342. The third kappa shape index (κ3) is 4.81. The Morgan fingerprint density at radius 1 is 0.914 bits per heavy atom. The van der Waals surface area contributed by atoms with E-state index in [-0.39, 0.29) is 18.7 Å². The number of nitrogens with zero attached hydrogens (tertiary/aromatic N) is 1. The molecule has 0 spiro atoms. The second kappa shape index (κ2) is 10.8. The van der Waals surface area contributed by atoms with E-state index in [1.807, 2.05) is 25.1 Å². The normalized spacial score (nSPS) is 10.9. The van der Waals surface area contributed by atoms with Crippen LogP contribution in [0.2, 0.25) is 0 Å². The summed E-state index contributed by atoms with van der Waals surface area (Å²) in [7, 11) is 4.61. The molecule has 4 aromatic rings. The molecule has 7 heteroatoms. The molecule has 2 aromatic carbocycles. The van der Waals surface area contributed by atoms with Crippen LogP contribution in [0.1, 0.15) is 50.2 Å². The van der Waals surface area contributed by atoms with Crippen molar-refractivity contribution in [3.8, 4) is 17.2 Å². The summed E-state index contributed by atoms with van der Waals surface area (Å²) in [6, 6.07) is 8.80. The van der Waals surface area contributed by atoms with Gasteiger partial charge in [0, 0.05) is 40.2 Å². The number of aromatic amines is 1. The van der Waals surface area contributed by atoms with Crippen molar-refractivity contribution in [1.82, 2.24) is 9.97 Å². The van der Waals surface area contributed by atoms with Gasteiger partial charge < -0.3 is 19.2 Å². The SMILES string of the molecule is C.CCCc1nc2cc(F)c(OC)cc2cc1Cc1c(=O)[nH]c(CC)c2cc(OC)c(OC)cc12. The van der Waals surface area contributed by atoms with Gasteiger partial charge >= 0.3 is 0 Å². The van der Waals surface area contributed by atoms with Gasteiger partial charge in [-0.2, -0.15) is 0 Å². The fourth-order valence-electron chi connectivity index (χ4n) is 4.45. The smallest absolute Gasteiger partial charge is 0.252 e. The number of ether oxygens (including phenoxy) is 3. The molecule has 2 aromatic heterocycles. The average molecular weight is 481 g/mol. The van der Waals surface area contributed by atoms with Gasteiger partial charge in [0.2, 0.25) is 0 Å². The summed E-state index contributed by atoms with van der Waals surface area (Å²) in [6.07, 6.45) is 2.65. The summed E-state index contributed by atoms with van der Waals surface area (Å²) in [6.45, 7) is 4.07. The van der Waals surface area contributed by atoms with Gasteiger partial charge in [0.05, 0.1) is 26.8 Å². The van der Waals surface area contributed by atoms with E-state index in [9.17, 15) is 9.18 Å². The second-order valence-electron chi connectivity index (χ2n) is 8.22. The largest absolute Gasteiger partial charge is 0.494 e. The number of H-pyrrole nitrogens is 1. The number of benzene rings is 2. The molecule has 0 atom stereocenters. The Kier molecular flexibility index (Phi) is 7.99. The number of aromatic nitrogens is 2. The maximum Gasteiger partial charge on any atom is 0.252 e. The third-order valence-electron chi connectivity index (χ3n) is 6.18. The molecule has 0 radical (unpaired) electrons. The van der Waals surface area contributed by atoms with Crippen molar-refractivity contribution in [3.63, 3.8) is 0 Å². The molecule has 4 rings (SSSR count). The van der Waals surface area contributed by atoms with Crippen LogP contribution in [0, 0.1) is 5.82 Å². The molecule has 0 bridgehead atoms. The lowest BCUT2D eigenvalue weighted by Gasteiger charge is -2.16. The Morgan fingerprint density at radius 3 is 2.17 bits per heavy atom. The van der Waals surface area contributed by atoms with E-state index in [1.54, 1.807) is 20.3 Å². The highest BCUT2D eigenvalue weighted by Crippen LogP contribution is 2.35. The van der Waals surface area contributed by atoms with Crippen LogP contribution in [-0.4, -0.2) is 31.3 Å². The quantitative estimate of drug-likeness (QED) is 0.336. The van der Waals surface area contributed by atoms with Crippen LogP contribution in [0.25, 0.3) is 21.7 Å². The number of pyridine rings is 2. The lowest BCUT2D eigenvalue weighted by molar-refractivity contribution is 0.356. The summed E-state index contributed by atoms with van der Waals surface area (Å²) in [5.74, 6) is 0.887. The first-order chi connectivity index (χ1) is 16.4. The number of rotatable bonds is 8. The molecule has 0 aliphatic carbocycles. The fourth-order valence-corrected chi connectivity index (χ4v) is 4.45. The maximum absolute atomic E-state index is 14.3. The van der Waals surface area contributed by atoms with E-state index in [1.165, 1.54) is 13.2 Å². The van der Waals surface area contributed by atoms with Crippen LogP contribution in [-0.2, 0) is 19.3 Å². The molecule has 1 N–H and O–H groups in total. The van der Waals surface area contributed by atoms with E-state index < -0.39 is 5.82 Å². The highest BCUT2D eigenvalue weighted by atomic mass is 19.1. The molecule has 0 saturated carbocycles. The molecular formula is C28H33FN2O4. The minimum atomic E-state index is -0.448. The summed E-state index contributed by atoms with van der Waals surface area (Å²) in [4.78, 5) is 21.0. The number of aryl methyl sites for hydroxylation is 2. The molecule has 0 fully saturated rings.